The molecule has 1 aliphatic carbocycles. The Bertz CT molecular complexity index is 1180. The number of fused-ring (bicyclic) bond motifs is 1. The van der Waals surface area contributed by atoms with E-state index in [0.717, 1.165) is 25.5 Å². The maximum absolute atomic E-state index is 13.8. The number of methoxy groups -OCH3 is 1. The van der Waals surface area contributed by atoms with Gasteiger partial charge in [-0.05, 0) is 48.3 Å². The molecular weight excluding hydrogens is 505 g/mol. The average Bonchev–Trinajstić information content (AvgIpc) is 3.41. The molecule has 0 radical (unpaired) electrons. The van der Waals surface area contributed by atoms with Crippen molar-refractivity contribution < 1.29 is 22.7 Å². The summed E-state index contributed by atoms with van der Waals surface area (Å²) in [4.78, 5) is 22.8. The lowest BCUT2D eigenvalue weighted by molar-refractivity contribution is -0.137. The van der Waals surface area contributed by atoms with E-state index in [9.17, 15) is 18.0 Å². The van der Waals surface area contributed by atoms with Gasteiger partial charge in [-0.2, -0.15) is 13.2 Å². The van der Waals surface area contributed by atoms with Crippen LogP contribution in [0.2, 0.25) is 0 Å². The lowest BCUT2D eigenvalue weighted by Crippen LogP contribution is -2.38. The second-order valence-electron chi connectivity index (χ2n) is 7.70. The molecule has 4 rings (SSSR count). The highest BCUT2D eigenvalue weighted by Gasteiger charge is 2.36. The number of nitrogens with zero attached hydrogens (tertiary/aromatic N) is 2. The van der Waals surface area contributed by atoms with Gasteiger partial charge in [-0.15, -0.1) is 0 Å². The van der Waals surface area contributed by atoms with Gasteiger partial charge in [0.25, 0.3) is 0 Å². The van der Waals surface area contributed by atoms with Crippen LogP contribution in [0.15, 0.2) is 29.0 Å². The molecule has 4 N–H and O–H groups in total. The van der Waals surface area contributed by atoms with E-state index < -0.39 is 17.8 Å². The zero-order valence-corrected chi connectivity index (χ0v) is 19.4. The highest BCUT2D eigenvalue weighted by atomic mass is 79.9. The molecule has 0 saturated heterocycles. The van der Waals surface area contributed by atoms with Crippen LogP contribution in [0.4, 0.5) is 29.6 Å². The Morgan fingerprint density at radius 2 is 2.03 bits per heavy atom. The predicted octanol–water partition coefficient (Wildman–Crippen LogP) is 5.14. The number of ether oxygens (including phenoxy) is 1. The van der Waals surface area contributed by atoms with Gasteiger partial charge in [0.15, 0.2) is 0 Å². The molecule has 176 valence electrons. The summed E-state index contributed by atoms with van der Waals surface area (Å²) in [6.07, 6.45) is -0.169. The number of nitrogens with one attached hydrogen (secondary N) is 4. The van der Waals surface area contributed by atoms with Crippen molar-refractivity contribution in [3.05, 3.63) is 34.6 Å². The van der Waals surface area contributed by atoms with E-state index in [2.05, 4.69) is 51.6 Å². The number of anilines is 2. The molecule has 33 heavy (non-hydrogen) atoms. The number of likely N-dealkylation sites (N-methyl/N-ethyl adjacent to an activating group) is 1. The van der Waals surface area contributed by atoms with Gasteiger partial charge in [-0.1, -0.05) is 6.07 Å². The summed E-state index contributed by atoms with van der Waals surface area (Å²) >= 11 is 3.39. The first kappa shape index (κ1) is 23.3. The lowest BCUT2D eigenvalue weighted by atomic mass is 10.1. The minimum Gasteiger partial charge on any atom is -0.453 e. The van der Waals surface area contributed by atoms with E-state index in [-0.39, 0.29) is 29.3 Å². The van der Waals surface area contributed by atoms with Gasteiger partial charge in [0.05, 0.1) is 28.5 Å². The van der Waals surface area contributed by atoms with Crippen LogP contribution in [-0.2, 0) is 10.9 Å². The van der Waals surface area contributed by atoms with Crippen LogP contribution in [0, 0.1) is 0 Å². The summed E-state index contributed by atoms with van der Waals surface area (Å²) in [5.41, 5.74) is 0.0169. The van der Waals surface area contributed by atoms with Crippen molar-refractivity contribution in [2.75, 3.05) is 24.8 Å². The molecule has 3 aromatic rings. The number of benzene rings is 1. The van der Waals surface area contributed by atoms with Crippen LogP contribution in [0.3, 0.4) is 0 Å². The molecule has 1 amide bonds. The first-order valence-corrected chi connectivity index (χ1v) is 11.0. The number of H-pyrrole nitrogens is 1. The second kappa shape index (κ2) is 9.18. The zero-order chi connectivity index (χ0) is 23.8. The van der Waals surface area contributed by atoms with Gasteiger partial charge in [-0.3, -0.25) is 5.32 Å². The molecule has 0 aliphatic heterocycles. The molecule has 1 saturated carbocycles. The Morgan fingerprint density at radius 1 is 1.27 bits per heavy atom. The highest BCUT2D eigenvalue weighted by Crippen LogP contribution is 2.41. The smallest absolute Gasteiger partial charge is 0.419 e. The third kappa shape index (κ3) is 4.62. The van der Waals surface area contributed by atoms with Gasteiger partial charge in [-0.25, -0.2) is 14.8 Å². The van der Waals surface area contributed by atoms with Gasteiger partial charge in [0, 0.05) is 35.4 Å². The Labute approximate surface area is 195 Å². The van der Waals surface area contributed by atoms with Crippen LogP contribution in [-0.4, -0.2) is 47.3 Å². The van der Waals surface area contributed by atoms with Crippen molar-refractivity contribution in [3.8, 4) is 11.3 Å². The summed E-state index contributed by atoms with van der Waals surface area (Å²) in [5, 5.41) is 9.45. The van der Waals surface area contributed by atoms with Crippen molar-refractivity contribution in [2.24, 2.45) is 0 Å². The van der Waals surface area contributed by atoms with Crippen molar-refractivity contribution in [1.82, 2.24) is 20.3 Å². The van der Waals surface area contributed by atoms with Crippen LogP contribution in [0.5, 0.6) is 0 Å². The predicted molar refractivity (Wildman–Crippen MR) is 122 cm³/mol. The van der Waals surface area contributed by atoms with Crippen molar-refractivity contribution in [1.29, 1.82) is 0 Å². The molecule has 0 spiro atoms. The van der Waals surface area contributed by atoms with E-state index in [1.165, 1.54) is 13.3 Å². The quantitative estimate of drug-likeness (QED) is 0.367. The number of amides is 1. The molecule has 8 nitrogen and oxygen atoms in total. The third-order valence-electron chi connectivity index (χ3n) is 5.77. The van der Waals surface area contributed by atoms with Crippen molar-refractivity contribution in [3.63, 3.8) is 0 Å². The molecule has 1 aliphatic rings. The molecule has 0 bridgehead atoms. The van der Waals surface area contributed by atoms with Crippen LogP contribution in [0.25, 0.3) is 22.2 Å². The number of halogens is 4. The monoisotopic (exact) mass is 526 g/mol. The number of carbonyl (C=O) groups excluding carboxylic acids is 1. The Kier molecular flexibility index (Phi) is 6.48. The summed E-state index contributed by atoms with van der Waals surface area (Å²) in [6, 6.07) is 3.41. The van der Waals surface area contributed by atoms with E-state index in [4.69, 9.17) is 0 Å². The van der Waals surface area contributed by atoms with Crippen LogP contribution in [0.1, 0.15) is 24.8 Å². The van der Waals surface area contributed by atoms with Crippen molar-refractivity contribution >= 4 is 44.6 Å². The first-order valence-electron chi connectivity index (χ1n) is 10.3. The van der Waals surface area contributed by atoms with E-state index in [0.29, 0.717) is 21.1 Å². The molecule has 1 fully saturated rings. The minimum atomic E-state index is -4.64. The number of hydrogen-bond donors (Lipinski definition) is 4. The number of alkyl halides is 3. The number of carbonyl (C=O) groups is 1. The summed E-state index contributed by atoms with van der Waals surface area (Å²) in [7, 11) is 3.09. The number of hydrogen-bond acceptors (Lipinski definition) is 6. The molecule has 1 aromatic carbocycles. The summed E-state index contributed by atoms with van der Waals surface area (Å²) in [6.45, 7) is 0. The zero-order valence-electron chi connectivity index (χ0n) is 17.8. The first-order chi connectivity index (χ1) is 15.7. The van der Waals surface area contributed by atoms with E-state index >= 15 is 0 Å². The molecule has 12 heteroatoms. The average molecular weight is 527 g/mol. The Hall–Kier alpha value is -2.86. The Morgan fingerprint density at radius 3 is 2.73 bits per heavy atom. The highest BCUT2D eigenvalue weighted by molar-refractivity contribution is 9.10. The van der Waals surface area contributed by atoms with Gasteiger partial charge in [0.1, 0.15) is 5.56 Å². The largest absolute Gasteiger partial charge is 0.453 e. The van der Waals surface area contributed by atoms with Crippen LogP contribution < -0.4 is 16.0 Å². The Balaban J connectivity index is 1.78. The van der Waals surface area contributed by atoms with Gasteiger partial charge >= 0.3 is 12.3 Å². The fourth-order valence-corrected chi connectivity index (χ4v) is 4.68. The maximum Gasteiger partial charge on any atom is 0.419 e. The number of rotatable bonds is 5. The second-order valence-corrected chi connectivity index (χ2v) is 8.49. The molecule has 2 atom stereocenters. The fourth-order valence-electron chi connectivity index (χ4n) is 4.13. The molecular formula is C21H22BrF3N6O2. The number of aromatic amines is 1. The SMILES string of the molecule is CN[C@H]1CCC[C@@H]1Nc1ncc(C(F)(F)F)c(-c2c[nH]c3c(Br)c(NC(=O)OC)ccc23)n1. The summed E-state index contributed by atoms with van der Waals surface area (Å²) < 4.78 is 46.6. The lowest BCUT2D eigenvalue weighted by Gasteiger charge is -2.21. The molecule has 2 heterocycles. The van der Waals surface area contributed by atoms with E-state index in [1.807, 2.05) is 7.05 Å². The van der Waals surface area contributed by atoms with E-state index in [1.54, 1.807) is 12.1 Å². The molecule has 2 aromatic heterocycles. The van der Waals surface area contributed by atoms with Crippen molar-refractivity contribution in [2.45, 2.75) is 37.5 Å². The minimum absolute atomic E-state index is 0.0312. The van der Waals surface area contributed by atoms with Gasteiger partial charge in [0.2, 0.25) is 5.95 Å². The topological polar surface area (TPSA) is 104 Å². The summed E-state index contributed by atoms with van der Waals surface area (Å²) in [5.74, 6) is 0.141. The standard InChI is InChI=1S/C21H22BrF3N6O2/c1-26-13-4-3-5-14(13)29-19-28-9-12(21(23,24)25)17(31-19)11-8-27-18-10(11)6-7-15(16(18)22)30-20(32)33-2/h6-9,13-14,26-27H,3-5H2,1-2H3,(H,30,32)(H,28,29,31)/t13-,14-/m0/s1. The number of aromatic nitrogens is 3. The maximum atomic E-state index is 13.8. The van der Waals surface area contributed by atoms with Crippen LogP contribution >= 0.6 is 15.9 Å². The normalized spacial score (nSPS) is 18.5. The third-order valence-corrected chi connectivity index (χ3v) is 6.59. The molecule has 0 unspecified atom stereocenters. The van der Waals surface area contributed by atoms with Gasteiger partial charge < -0.3 is 20.4 Å². The fraction of sp³-hybridized carbons (Fsp3) is 0.381.